The van der Waals surface area contributed by atoms with Crippen LogP contribution < -0.4 is 15.8 Å². The largest absolute Gasteiger partial charge is 0.481 e. The third kappa shape index (κ3) is 2.62. The van der Waals surface area contributed by atoms with Gasteiger partial charge < -0.3 is 20.5 Å². The molecule has 100 valence electrons. The van der Waals surface area contributed by atoms with Gasteiger partial charge in [0.2, 0.25) is 5.88 Å². The molecule has 1 aliphatic heterocycles. The van der Waals surface area contributed by atoms with Gasteiger partial charge in [-0.15, -0.1) is 0 Å². The number of amides is 1. The summed E-state index contributed by atoms with van der Waals surface area (Å²) in [6, 6.07) is 1.66. The summed E-state index contributed by atoms with van der Waals surface area (Å²) in [4.78, 5) is 11.9. The van der Waals surface area contributed by atoms with Crippen LogP contribution in [0.3, 0.4) is 0 Å². The quantitative estimate of drug-likeness (QED) is 0.781. The zero-order chi connectivity index (χ0) is 13.1. The van der Waals surface area contributed by atoms with Crippen molar-refractivity contribution in [1.82, 2.24) is 9.78 Å². The second-order valence-corrected chi connectivity index (χ2v) is 4.24. The highest BCUT2D eigenvalue weighted by molar-refractivity contribution is 5.93. The van der Waals surface area contributed by atoms with Gasteiger partial charge in [-0.2, -0.15) is 5.10 Å². The molecule has 2 atom stereocenters. The summed E-state index contributed by atoms with van der Waals surface area (Å²) in [6.07, 6.45) is 1.06. The predicted molar refractivity (Wildman–Crippen MR) is 65.3 cm³/mol. The highest BCUT2D eigenvalue weighted by Crippen LogP contribution is 2.21. The van der Waals surface area contributed by atoms with Crippen LogP contribution >= 0.6 is 0 Å². The van der Waals surface area contributed by atoms with E-state index in [0.29, 0.717) is 24.7 Å². The normalized spacial score (nSPS) is 23.1. The van der Waals surface area contributed by atoms with Crippen LogP contribution in [0, 0.1) is 0 Å². The van der Waals surface area contributed by atoms with Crippen LogP contribution in [-0.2, 0) is 16.6 Å². The molecule has 0 aromatic carbocycles. The van der Waals surface area contributed by atoms with Crippen LogP contribution in [0.15, 0.2) is 6.07 Å². The number of methoxy groups -OCH3 is 1. The summed E-state index contributed by atoms with van der Waals surface area (Å²) >= 11 is 0. The minimum absolute atomic E-state index is 0.0148. The lowest BCUT2D eigenvalue weighted by atomic mass is 10.2. The summed E-state index contributed by atoms with van der Waals surface area (Å²) in [5, 5.41) is 6.82. The van der Waals surface area contributed by atoms with Gasteiger partial charge in [-0.25, -0.2) is 4.68 Å². The molecule has 1 aromatic rings. The van der Waals surface area contributed by atoms with Crippen molar-refractivity contribution in [2.45, 2.75) is 25.0 Å². The van der Waals surface area contributed by atoms with Crippen LogP contribution in [0.1, 0.15) is 12.8 Å². The Morgan fingerprint density at radius 3 is 3.06 bits per heavy atom. The Hall–Kier alpha value is -1.60. The van der Waals surface area contributed by atoms with Crippen LogP contribution in [-0.4, -0.2) is 41.6 Å². The van der Waals surface area contributed by atoms with Gasteiger partial charge in [-0.05, 0) is 12.8 Å². The Bertz CT molecular complexity index is 432. The molecule has 1 aliphatic rings. The van der Waals surface area contributed by atoms with E-state index in [4.69, 9.17) is 15.2 Å². The number of ether oxygens (including phenoxy) is 2. The third-order valence-electron chi connectivity index (χ3n) is 2.96. The molecule has 7 nitrogen and oxygen atoms in total. The number of anilines is 1. The van der Waals surface area contributed by atoms with Crippen molar-refractivity contribution in [3.63, 3.8) is 0 Å². The molecule has 1 saturated heterocycles. The standard InChI is InChI=1S/C11H18N4O3/c1-15-10(17-2)5-9(14-15)13-11(16)8-4-3-7(6-12)18-8/h5,7-8H,3-4,6,12H2,1-2H3,(H,13,14,16). The molecule has 0 spiro atoms. The Kier molecular flexibility index (Phi) is 3.83. The Morgan fingerprint density at radius 1 is 1.72 bits per heavy atom. The van der Waals surface area contributed by atoms with Gasteiger partial charge in [0.1, 0.15) is 6.10 Å². The fourth-order valence-corrected chi connectivity index (χ4v) is 1.98. The molecule has 1 amide bonds. The van der Waals surface area contributed by atoms with Crippen LogP contribution in [0.5, 0.6) is 5.88 Å². The number of nitrogens with one attached hydrogen (secondary N) is 1. The van der Waals surface area contributed by atoms with Gasteiger partial charge in [0.25, 0.3) is 5.91 Å². The van der Waals surface area contributed by atoms with E-state index in [1.807, 2.05) is 0 Å². The van der Waals surface area contributed by atoms with Crippen molar-refractivity contribution in [3.8, 4) is 5.88 Å². The third-order valence-corrected chi connectivity index (χ3v) is 2.96. The number of carbonyl (C=O) groups is 1. The lowest BCUT2D eigenvalue weighted by molar-refractivity contribution is -0.126. The molecule has 0 radical (unpaired) electrons. The minimum Gasteiger partial charge on any atom is -0.481 e. The van der Waals surface area contributed by atoms with E-state index in [2.05, 4.69) is 10.4 Å². The first-order valence-electron chi connectivity index (χ1n) is 5.88. The maximum Gasteiger partial charge on any atom is 0.254 e. The number of aryl methyl sites for hydroxylation is 1. The first-order chi connectivity index (χ1) is 8.63. The molecule has 0 saturated carbocycles. The van der Waals surface area contributed by atoms with Gasteiger partial charge >= 0.3 is 0 Å². The van der Waals surface area contributed by atoms with Crippen LogP contribution in [0.25, 0.3) is 0 Å². The Morgan fingerprint density at radius 2 is 2.50 bits per heavy atom. The molecule has 2 heterocycles. The van der Waals surface area contributed by atoms with Crippen LogP contribution in [0.4, 0.5) is 5.82 Å². The molecule has 7 heteroatoms. The first kappa shape index (κ1) is 12.8. The van der Waals surface area contributed by atoms with Gasteiger partial charge in [0, 0.05) is 19.7 Å². The predicted octanol–water partition coefficient (Wildman–Crippen LogP) is -0.126. The fourth-order valence-electron chi connectivity index (χ4n) is 1.98. The van der Waals surface area contributed by atoms with Crippen molar-refractivity contribution < 1.29 is 14.3 Å². The molecular formula is C11H18N4O3. The Balaban J connectivity index is 1.94. The van der Waals surface area contributed by atoms with E-state index >= 15 is 0 Å². The maximum atomic E-state index is 11.9. The smallest absolute Gasteiger partial charge is 0.254 e. The van der Waals surface area contributed by atoms with E-state index < -0.39 is 6.10 Å². The van der Waals surface area contributed by atoms with Crippen LogP contribution in [0.2, 0.25) is 0 Å². The molecule has 2 rings (SSSR count). The summed E-state index contributed by atoms with van der Waals surface area (Å²) in [5.74, 6) is 0.850. The number of aromatic nitrogens is 2. The van der Waals surface area contributed by atoms with Crippen molar-refractivity contribution in [2.24, 2.45) is 12.8 Å². The topological polar surface area (TPSA) is 91.4 Å². The zero-order valence-corrected chi connectivity index (χ0v) is 10.5. The van der Waals surface area contributed by atoms with Gasteiger partial charge in [-0.3, -0.25) is 4.79 Å². The number of hydrogen-bond donors (Lipinski definition) is 2. The second-order valence-electron chi connectivity index (χ2n) is 4.24. The van der Waals surface area contributed by atoms with Gasteiger partial charge in [0.05, 0.1) is 13.2 Å². The highest BCUT2D eigenvalue weighted by Gasteiger charge is 2.30. The number of hydrogen-bond acceptors (Lipinski definition) is 5. The SMILES string of the molecule is COc1cc(NC(=O)C2CCC(CN)O2)nn1C. The molecular weight excluding hydrogens is 236 g/mol. The molecule has 0 aliphatic carbocycles. The summed E-state index contributed by atoms with van der Waals surface area (Å²) < 4.78 is 12.1. The number of nitrogens with two attached hydrogens (primary N) is 1. The monoisotopic (exact) mass is 254 g/mol. The lowest BCUT2D eigenvalue weighted by Gasteiger charge is -2.11. The van der Waals surface area contributed by atoms with E-state index in [1.165, 1.54) is 0 Å². The van der Waals surface area contributed by atoms with Gasteiger partial charge in [0.15, 0.2) is 5.82 Å². The number of carbonyl (C=O) groups excluding carboxylic acids is 1. The van der Waals surface area contributed by atoms with Crippen molar-refractivity contribution in [3.05, 3.63) is 6.07 Å². The first-order valence-corrected chi connectivity index (χ1v) is 5.88. The van der Waals surface area contributed by atoms with Gasteiger partial charge in [-0.1, -0.05) is 0 Å². The van der Waals surface area contributed by atoms with E-state index in [-0.39, 0.29) is 12.0 Å². The number of nitrogens with zero attached hydrogens (tertiary/aromatic N) is 2. The van der Waals surface area contributed by atoms with Crippen molar-refractivity contribution >= 4 is 11.7 Å². The minimum atomic E-state index is -0.438. The van der Waals surface area contributed by atoms with Crippen molar-refractivity contribution in [2.75, 3.05) is 19.0 Å². The molecule has 2 unspecified atom stereocenters. The average molecular weight is 254 g/mol. The fraction of sp³-hybridized carbons (Fsp3) is 0.636. The average Bonchev–Trinajstić information content (AvgIpc) is 2.95. The molecule has 0 bridgehead atoms. The summed E-state index contributed by atoms with van der Waals surface area (Å²) in [6.45, 7) is 0.446. The Labute approximate surface area is 105 Å². The number of rotatable bonds is 4. The molecule has 3 N–H and O–H groups in total. The maximum absolute atomic E-state index is 11.9. The summed E-state index contributed by atoms with van der Waals surface area (Å²) in [5.41, 5.74) is 5.50. The van der Waals surface area contributed by atoms with E-state index in [0.717, 1.165) is 6.42 Å². The van der Waals surface area contributed by atoms with E-state index in [9.17, 15) is 4.79 Å². The molecule has 18 heavy (non-hydrogen) atoms. The molecule has 1 fully saturated rings. The van der Waals surface area contributed by atoms with Crippen molar-refractivity contribution in [1.29, 1.82) is 0 Å². The lowest BCUT2D eigenvalue weighted by Crippen LogP contribution is -2.29. The zero-order valence-electron chi connectivity index (χ0n) is 10.5. The molecule has 1 aromatic heterocycles. The summed E-state index contributed by atoms with van der Waals surface area (Å²) in [7, 11) is 3.29. The van der Waals surface area contributed by atoms with E-state index in [1.54, 1.807) is 24.9 Å². The highest BCUT2D eigenvalue weighted by atomic mass is 16.5. The second kappa shape index (κ2) is 5.36.